The van der Waals surface area contributed by atoms with Gasteiger partial charge < -0.3 is 9.84 Å². The molecule has 19 heavy (non-hydrogen) atoms. The van der Waals surface area contributed by atoms with E-state index in [2.05, 4.69) is 12.1 Å². The van der Waals surface area contributed by atoms with Gasteiger partial charge in [0.2, 0.25) is 0 Å². The van der Waals surface area contributed by atoms with Crippen molar-refractivity contribution in [3.63, 3.8) is 0 Å². The van der Waals surface area contributed by atoms with Crippen LogP contribution in [0.2, 0.25) is 0 Å². The van der Waals surface area contributed by atoms with Crippen molar-refractivity contribution in [2.75, 3.05) is 5.75 Å². The van der Waals surface area contributed by atoms with Crippen LogP contribution < -0.4 is 4.74 Å². The lowest BCUT2D eigenvalue weighted by Crippen LogP contribution is -1.85. The van der Waals surface area contributed by atoms with E-state index in [-0.39, 0.29) is 6.61 Å². The lowest BCUT2D eigenvalue weighted by Gasteiger charge is -2.01. The Bertz CT molecular complexity index is 506. The third-order valence-electron chi connectivity index (χ3n) is 2.50. The normalized spacial score (nSPS) is 10.8. The summed E-state index contributed by atoms with van der Waals surface area (Å²) in [5.41, 5.74) is 0.885. The van der Waals surface area contributed by atoms with Crippen molar-refractivity contribution >= 4 is 11.8 Å². The van der Waals surface area contributed by atoms with E-state index in [4.69, 9.17) is 9.84 Å². The van der Waals surface area contributed by atoms with Crippen LogP contribution in [0.25, 0.3) is 0 Å². The van der Waals surface area contributed by atoms with E-state index < -0.39 is 0 Å². The molecule has 0 saturated carbocycles. The number of rotatable bonds is 6. The number of thioether (sulfide) groups is 1. The van der Waals surface area contributed by atoms with Gasteiger partial charge in [-0.05, 0) is 35.9 Å². The predicted molar refractivity (Wildman–Crippen MR) is 79.3 cm³/mol. The second-order valence-corrected chi connectivity index (χ2v) is 5.01. The smallest absolute Gasteiger partial charge is 0.126 e. The summed E-state index contributed by atoms with van der Waals surface area (Å²) in [4.78, 5) is 1.25. The third kappa shape index (κ3) is 4.81. The van der Waals surface area contributed by atoms with Crippen molar-refractivity contribution in [2.24, 2.45) is 0 Å². The summed E-state index contributed by atoms with van der Waals surface area (Å²) in [7, 11) is 0. The van der Waals surface area contributed by atoms with Gasteiger partial charge in [0.25, 0.3) is 0 Å². The van der Waals surface area contributed by atoms with Gasteiger partial charge in [-0.25, -0.2) is 0 Å². The Morgan fingerprint density at radius 3 is 2.42 bits per heavy atom. The minimum Gasteiger partial charge on any atom is -0.465 e. The molecule has 2 aromatic carbocycles. The average Bonchev–Trinajstić information content (AvgIpc) is 2.49. The first-order valence-corrected chi connectivity index (χ1v) is 7.06. The average molecular weight is 272 g/mol. The molecule has 0 aliphatic rings. The number of hydrogen-bond acceptors (Lipinski definition) is 3. The van der Waals surface area contributed by atoms with E-state index in [0.717, 1.165) is 17.1 Å². The Hall–Kier alpha value is -1.71. The second kappa shape index (κ2) is 7.67. The van der Waals surface area contributed by atoms with Crippen LogP contribution in [0, 0.1) is 0 Å². The van der Waals surface area contributed by atoms with E-state index >= 15 is 0 Å². The zero-order chi connectivity index (χ0) is 13.3. The molecule has 0 radical (unpaired) electrons. The highest BCUT2D eigenvalue weighted by molar-refractivity contribution is 7.99. The van der Waals surface area contributed by atoms with Gasteiger partial charge in [0.15, 0.2) is 0 Å². The molecule has 1 N–H and O–H groups in total. The van der Waals surface area contributed by atoms with E-state index in [1.165, 1.54) is 4.90 Å². The Morgan fingerprint density at radius 2 is 1.74 bits per heavy atom. The summed E-state index contributed by atoms with van der Waals surface area (Å²) in [6, 6.07) is 17.7. The molecule has 0 aromatic heterocycles. The maximum absolute atomic E-state index is 8.93. The van der Waals surface area contributed by atoms with Crippen molar-refractivity contribution < 1.29 is 9.84 Å². The fourth-order valence-electron chi connectivity index (χ4n) is 1.50. The summed E-state index contributed by atoms with van der Waals surface area (Å²) in [5, 5.41) is 8.93. The van der Waals surface area contributed by atoms with E-state index in [1.807, 2.05) is 48.5 Å². The largest absolute Gasteiger partial charge is 0.465 e. The van der Waals surface area contributed by atoms with Gasteiger partial charge in [-0.2, -0.15) is 0 Å². The topological polar surface area (TPSA) is 29.5 Å². The van der Waals surface area contributed by atoms with Crippen LogP contribution in [-0.4, -0.2) is 10.9 Å². The maximum atomic E-state index is 8.93. The van der Waals surface area contributed by atoms with Crippen LogP contribution in [-0.2, 0) is 6.61 Å². The van der Waals surface area contributed by atoms with Gasteiger partial charge in [-0.3, -0.25) is 0 Å². The fraction of sp³-hybridized carbons (Fsp3) is 0.125. The molecule has 0 saturated heterocycles. The second-order valence-electron chi connectivity index (χ2n) is 3.92. The minimum absolute atomic E-state index is 0.0594. The van der Waals surface area contributed by atoms with E-state index in [9.17, 15) is 0 Å². The van der Waals surface area contributed by atoms with Crippen LogP contribution in [0.1, 0.15) is 5.56 Å². The van der Waals surface area contributed by atoms with Gasteiger partial charge in [0.1, 0.15) is 5.75 Å². The summed E-state index contributed by atoms with van der Waals surface area (Å²) in [5.74, 6) is 1.65. The summed E-state index contributed by atoms with van der Waals surface area (Å²) in [6.45, 7) is 0.0594. The first-order valence-electron chi connectivity index (χ1n) is 6.08. The first kappa shape index (κ1) is 13.7. The lowest BCUT2D eigenvalue weighted by atomic mass is 10.2. The molecule has 0 heterocycles. The van der Waals surface area contributed by atoms with Crippen molar-refractivity contribution in [3.05, 3.63) is 72.5 Å². The van der Waals surface area contributed by atoms with Crippen molar-refractivity contribution in [1.82, 2.24) is 0 Å². The van der Waals surface area contributed by atoms with Crippen molar-refractivity contribution in [3.8, 4) is 5.75 Å². The molecule has 0 fully saturated rings. The Kier molecular flexibility index (Phi) is 5.53. The van der Waals surface area contributed by atoms with Gasteiger partial charge in [0, 0.05) is 10.6 Å². The molecular weight excluding hydrogens is 256 g/mol. The highest BCUT2D eigenvalue weighted by Crippen LogP contribution is 2.17. The van der Waals surface area contributed by atoms with Gasteiger partial charge in [-0.1, -0.05) is 30.3 Å². The zero-order valence-corrected chi connectivity index (χ0v) is 11.3. The van der Waals surface area contributed by atoms with Gasteiger partial charge >= 0.3 is 0 Å². The Balaban J connectivity index is 1.74. The number of hydrogen-bond donors (Lipinski definition) is 1. The third-order valence-corrected chi connectivity index (χ3v) is 3.46. The molecule has 0 aliphatic carbocycles. The maximum Gasteiger partial charge on any atom is 0.126 e. The molecular formula is C16H16O2S. The summed E-state index contributed by atoms with van der Waals surface area (Å²) in [6.07, 6.45) is 3.68. The standard InChI is InChI=1S/C16H16O2S/c17-13-14-7-9-15(10-8-14)18-11-4-12-19-16-5-2-1-3-6-16/h1-11,17H,12-13H2/b11-4+. The lowest BCUT2D eigenvalue weighted by molar-refractivity contribution is 0.281. The van der Waals surface area contributed by atoms with E-state index in [0.29, 0.717) is 0 Å². The van der Waals surface area contributed by atoms with Crippen LogP contribution in [0.3, 0.4) is 0 Å². The number of aliphatic hydroxyl groups is 1. The highest BCUT2D eigenvalue weighted by atomic mass is 32.2. The summed E-state index contributed by atoms with van der Waals surface area (Å²) < 4.78 is 5.47. The van der Waals surface area contributed by atoms with Crippen LogP contribution in [0.15, 0.2) is 71.8 Å². The van der Waals surface area contributed by atoms with Crippen LogP contribution >= 0.6 is 11.8 Å². The number of aliphatic hydroxyl groups excluding tert-OH is 1. The molecule has 0 bridgehead atoms. The highest BCUT2D eigenvalue weighted by Gasteiger charge is 1.92. The monoisotopic (exact) mass is 272 g/mol. The Morgan fingerprint density at radius 1 is 1.00 bits per heavy atom. The van der Waals surface area contributed by atoms with Crippen LogP contribution in [0.4, 0.5) is 0 Å². The first-order chi connectivity index (χ1) is 9.38. The zero-order valence-electron chi connectivity index (χ0n) is 10.5. The molecule has 0 atom stereocenters. The van der Waals surface area contributed by atoms with Crippen LogP contribution in [0.5, 0.6) is 5.75 Å². The molecule has 0 spiro atoms. The SMILES string of the molecule is OCc1ccc(O/C=C/CSc2ccccc2)cc1. The summed E-state index contributed by atoms with van der Waals surface area (Å²) >= 11 is 1.76. The molecule has 2 rings (SSSR count). The molecule has 0 aliphatic heterocycles. The minimum atomic E-state index is 0.0594. The number of benzene rings is 2. The molecule has 0 unspecified atom stereocenters. The van der Waals surface area contributed by atoms with E-state index in [1.54, 1.807) is 18.0 Å². The predicted octanol–water partition coefficient (Wildman–Crippen LogP) is 3.86. The quantitative estimate of drug-likeness (QED) is 0.639. The molecule has 2 aromatic rings. The fourth-order valence-corrected chi connectivity index (χ4v) is 2.22. The van der Waals surface area contributed by atoms with Gasteiger partial charge in [0.05, 0.1) is 12.9 Å². The molecule has 0 amide bonds. The van der Waals surface area contributed by atoms with Crippen molar-refractivity contribution in [2.45, 2.75) is 11.5 Å². The Labute approximate surface area is 117 Å². The molecule has 98 valence electrons. The van der Waals surface area contributed by atoms with Crippen molar-refractivity contribution in [1.29, 1.82) is 0 Å². The molecule has 2 nitrogen and oxygen atoms in total. The number of ether oxygens (including phenoxy) is 1. The van der Waals surface area contributed by atoms with Gasteiger partial charge in [-0.15, -0.1) is 11.8 Å². The molecule has 3 heteroatoms.